The molecule has 1 saturated heterocycles. The molecule has 536 valence electrons. The van der Waals surface area contributed by atoms with Gasteiger partial charge in [-0.1, -0.05) is 153 Å². The van der Waals surface area contributed by atoms with Crippen molar-refractivity contribution in [3.8, 4) is 0 Å². The molecule has 0 bridgehead atoms. The second kappa shape index (κ2) is 301. The van der Waals surface area contributed by atoms with Crippen molar-refractivity contribution in [3.63, 3.8) is 0 Å². The predicted molar refractivity (Wildman–Crippen MR) is 380 cm³/mol. The van der Waals surface area contributed by atoms with Crippen LogP contribution < -0.4 is 59.0 Å². The SMILES string of the molecule is C=O.C=O.C=O.C=O.C=O.C=O.C=O.C=O.C=O.C=O.CC.CC.CC(=O)N1CCCCC1.CC(C)O.CCC(C)C.CCC(C)C.CCC(C)C.CCCN.CCOC(C)(C)C.CCc1ccccc1.CN.CN.CN.CN.CN.N.N.N.N. The number of aliphatic hydroxyl groups excluding tert-OH is 1. The maximum atomic E-state index is 10.7. The van der Waals surface area contributed by atoms with Gasteiger partial charge in [0.05, 0.1) is 5.60 Å². The zero-order valence-electron chi connectivity index (χ0n) is 61.3. The number of carbonyl (C=O) groups is 11. The highest BCUT2D eigenvalue weighted by Gasteiger charge is 2.11. The zero-order valence-corrected chi connectivity index (χ0v) is 61.3. The number of piperidine rings is 1. The number of carbonyl (C=O) groups excluding carboxylic acids is 11. The number of amides is 1. The Hall–Kier alpha value is -5.09. The maximum absolute atomic E-state index is 10.7. The number of aliphatic hydroxyl groups is 1. The monoisotopic (exact) mass is 1250 g/mol. The number of rotatable bonds is 6. The molecule has 1 aromatic carbocycles. The number of likely N-dealkylation sites (tertiary alicyclic amines) is 1. The summed E-state index contributed by atoms with van der Waals surface area (Å²) in [6.45, 7) is 69.0. The van der Waals surface area contributed by atoms with Crippen LogP contribution in [0.5, 0.6) is 0 Å². The van der Waals surface area contributed by atoms with Gasteiger partial charge in [0.1, 0.15) is 67.9 Å². The number of nitrogens with zero attached hydrogens (tertiary/aromatic N) is 1. The summed E-state index contributed by atoms with van der Waals surface area (Å²) in [6.07, 6.45) is 9.67. The molecule has 2 rings (SSSR count). The quantitative estimate of drug-likeness (QED) is 0.126. The van der Waals surface area contributed by atoms with E-state index in [1.165, 1.54) is 79.3 Å². The van der Waals surface area contributed by atoms with Gasteiger partial charge in [0.15, 0.2) is 0 Å². The number of benzene rings is 1. The molecule has 0 unspecified atom stereocenters. The molecule has 1 amide bonds. The average Bonchev–Trinajstić information content (AvgIpc) is 3.56. The lowest BCUT2D eigenvalue weighted by Crippen LogP contribution is -2.33. The van der Waals surface area contributed by atoms with Crippen LogP contribution in [0.15, 0.2) is 30.3 Å². The van der Waals surface area contributed by atoms with Gasteiger partial charge in [-0.15, -0.1) is 0 Å². The van der Waals surface area contributed by atoms with Crippen LogP contribution in [0.4, 0.5) is 0 Å². The topological polar surface area (TPSA) is 517 Å². The van der Waals surface area contributed by atoms with E-state index in [-0.39, 0.29) is 42.2 Å². The number of hydrogen-bond acceptors (Lipinski definition) is 23. The molecule has 24 heteroatoms. The fraction of sp³-hybridized carbons (Fsp3) is 0.721. The van der Waals surface area contributed by atoms with E-state index in [0.29, 0.717) is 0 Å². The second-order valence-corrected chi connectivity index (χ2v) is 14.2. The Balaban J connectivity index is -0.0000000169. The highest BCUT2D eigenvalue weighted by Crippen LogP contribution is 2.08. The first-order valence-electron chi connectivity index (χ1n) is 26.8. The Kier molecular flexibility index (Phi) is 629. The molecule has 1 aromatic rings. The molecule has 1 heterocycles. The molecule has 85 heavy (non-hydrogen) atoms. The number of aryl methyl sites for hydroxylation is 1. The third kappa shape index (κ3) is 599. The van der Waals surface area contributed by atoms with E-state index >= 15 is 0 Å². The predicted octanol–water partition coefficient (Wildman–Crippen LogP) is 10.7. The molecule has 1 aliphatic heterocycles. The van der Waals surface area contributed by atoms with Gasteiger partial charge < -0.3 is 122 Å². The summed E-state index contributed by atoms with van der Waals surface area (Å²) in [5.41, 5.74) is 29.0. The van der Waals surface area contributed by atoms with Crippen LogP contribution in [0.25, 0.3) is 0 Å². The third-order valence-electron chi connectivity index (χ3n) is 6.37. The molecule has 25 N–H and O–H groups in total. The molecule has 24 nitrogen and oxygen atoms in total. The Morgan fingerprint density at radius 2 is 0.659 bits per heavy atom. The van der Waals surface area contributed by atoms with Crippen molar-refractivity contribution in [1.82, 2.24) is 29.5 Å². The number of ether oxygens (including phenoxy) is 1. The number of hydrogen-bond donors (Lipinski definition) is 11. The molecule has 0 atom stereocenters. The summed E-state index contributed by atoms with van der Waals surface area (Å²) in [6, 6.07) is 10.5. The van der Waals surface area contributed by atoms with E-state index in [9.17, 15) is 4.79 Å². The van der Waals surface area contributed by atoms with E-state index in [0.717, 1.165) is 56.8 Å². The van der Waals surface area contributed by atoms with Gasteiger partial charge >= 0.3 is 0 Å². The first kappa shape index (κ1) is 178. The van der Waals surface area contributed by atoms with Crippen molar-refractivity contribution in [2.24, 2.45) is 52.2 Å². The summed E-state index contributed by atoms with van der Waals surface area (Å²) in [5, 5.41) is 8.06. The summed E-state index contributed by atoms with van der Waals surface area (Å²) in [5.74, 6) is 2.88. The molecule has 1 aliphatic rings. The lowest BCUT2D eigenvalue weighted by Gasteiger charge is -2.24. The van der Waals surface area contributed by atoms with Crippen LogP contribution in [-0.4, -0.2) is 157 Å². The van der Waals surface area contributed by atoms with Gasteiger partial charge in [0, 0.05) is 32.7 Å². The molecule has 0 aliphatic carbocycles. The summed E-state index contributed by atoms with van der Waals surface area (Å²) in [7, 11) is 7.50. The first-order valence-corrected chi connectivity index (χ1v) is 26.8. The molecule has 0 spiro atoms. The molecular weight excluding hydrogens is 1090 g/mol. The van der Waals surface area contributed by atoms with Crippen LogP contribution in [0, 0.1) is 17.8 Å². The van der Waals surface area contributed by atoms with Gasteiger partial charge in [-0.25, -0.2) is 0 Å². The van der Waals surface area contributed by atoms with E-state index in [1.54, 1.807) is 20.8 Å². The summed E-state index contributed by atoms with van der Waals surface area (Å²) in [4.78, 5) is 92.6. The lowest BCUT2D eigenvalue weighted by molar-refractivity contribution is -0.129. The second-order valence-electron chi connectivity index (χ2n) is 14.2. The number of nitrogens with two attached hydrogens (primary N) is 6. The van der Waals surface area contributed by atoms with Gasteiger partial charge in [0.25, 0.3) is 0 Å². The largest absolute Gasteiger partial charge is 0.394 e. The fourth-order valence-corrected chi connectivity index (χ4v) is 2.36. The van der Waals surface area contributed by atoms with Crippen LogP contribution >= 0.6 is 0 Å². The van der Waals surface area contributed by atoms with Crippen molar-refractivity contribution in [2.75, 3.05) is 61.5 Å². The maximum Gasteiger partial charge on any atom is 0.219 e. The highest BCUT2D eigenvalue weighted by molar-refractivity contribution is 5.73. The van der Waals surface area contributed by atoms with Gasteiger partial charge in [-0.3, -0.25) is 4.79 Å². The fourth-order valence-electron chi connectivity index (χ4n) is 2.36. The summed E-state index contributed by atoms with van der Waals surface area (Å²) < 4.78 is 5.23. The molecule has 0 saturated carbocycles. The highest BCUT2D eigenvalue weighted by atomic mass is 16.5. The van der Waals surface area contributed by atoms with Crippen molar-refractivity contribution in [2.45, 2.75) is 215 Å². The molecule has 0 radical (unpaired) electrons. The minimum absolute atomic E-state index is 0. The van der Waals surface area contributed by atoms with Crippen molar-refractivity contribution in [3.05, 3.63) is 35.9 Å². The zero-order chi connectivity index (χ0) is 72.3. The smallest absolute Gasteiger partial charge is 0.219 e. The van der Waals surface area contributed by atoms with Crippen LogP contribution in [0.3, 0.4) is 0 Å². The van der Waals surface area contributed by atoms with E-state index in [1.807, 2.05) is 113 Å². The molecular formula is C61H159N11O13. The minimum atomic E-state index is -0.167. The van der Waals surface area contributed by atoms with Gasteiger partial charge in [0.2, 0.25) is 5.91 Å². The summed E-state index contributed by atoms with van der Waals surface area (Å²) >= 11 is 0. The van der Waals surface area contributed by atoms with Gasteiger partial charge in [-0.05, 0) is 139 Å². The average molecular weight is 1260 g/mol. The lowest BCUT2D eigenvalue weighted by atomic mass is 10.1. The third-order valence-corrected chi connectivity index (χ3v) is 6.37. The normalized spacial score (nSPS) is 7.39. The Labute approximate surface area is 529 Å². The van der Waals surface area contributed by atoms with Crippen molar-refractivity contribution >= 4 is 73.8 Å². The van der Waals surface area contributed by atoms with Crippen LogP contribution in [0.2, 0.25) is 0 Å². The van der Waals surface area contributed by atoms with Gasteiger partial charge in [-0.2, -0.15) is 0 Å². The van der Waals surface area contributed by atoms with Crippen molar-refractivity contribution < 1.29 is 62.6 Å². The Morgan fingerprint density at radius 3 is 0.729 bits per heavy atom. The van der Waals surface area contributed by atoms with E-state index in [2.05, 4.69) is 150 Å². The van der Waals surface area contributed by atoms with Crippen molar-refractivity contribution in [1.29, 1.82) is 0 Å². The molecule has 1 fully saturated rings. The Morgan fingerprint density at radius 1 is 0.482 bits per heavy atom. The van der Waals surface area contributed by atoms with E-state index in [4.69, 9.17) is 63.5 Å². The first-order chi connectivity index (χ1) is 38.8. The molecule has 0 aromatic heterocycles. The minimum Gasteiger partial charge on any atom is -0.394 e. The van der Waals surface area contributed by atoms with Crippen LogP contribution in [-0.2, 0) is 63.9 Å². The Bertz CT molecular complexity index is 823. The van der Waals surface area contributed by atoms with Crippen LogP contribution in [0.1, 0.15) is 203 Å². The van der Waals surface area contributed by atoms with E-state index < -0.39 is 0 Å². The standard InChI is InChI=1S/C8H10.C7H13NO.C6H14O.3C5H12.C3H9N.C3H8O.2C2H6.5CH5N.10CH2O.4H3N/c1-2-8-6-4-3-5-7-8;1-7(9)8-5-3-2-4-6-8;1-5-7-6(2,3)4;3*1-4-5(2)3;1-2-3-4;1-3(2)4;17*1-2;;;;/h3-7H,2H2,1H3;2-6H2,1H3;5H2,1-4H3;3*5H,4H2,1-3H3;2-4H2,1H3;3-4H,1-2H3;2*1-2H3;5*2H2,1H3;10*1H2;4*1H3.